The van der Waals surface area contributed by atoms with Crippen molar-refractivity contribution in [1.82, 2.24) is 9.88 Å². The summed E-state index contributed by atoms with van der Waals surface area (Å²) in [6.45, 7) is 5.35. The van der Waals surface area contributed by atoms with E-state index in [2.05, 4.69) is 13.8 Å². The van der Waals surface area contributed by atoms with Gasteiger partial charge in [-0.05, 0) is 36.9 Å². The molecule has 0 bridgehead atoms. The van der Waals surface area contributed by atoms with Gasteiger partial charge in [0.05, 0.1) is 11.1 Å². The molecule has 1 amide bonds. The number of carbonyl (C=O) groups excluding carboxylic acids is 1. The highest BCUT2D eigenvalue weighted by Gasteiger charge is 2.28. The van der Waals surface area contributed by atoms with Crippen molar-refractivity contribution in [3.63, 3.8) is 0 Å². The molecular formula is C19H25N3O. The lowest BCUT2D eigenvalue weighted by Crippen LogP contribution is -2.39. The Hall–Kier alpha value is -1.94. The molecule has 0 radical (unpaired) electrons. The molecule has 0 spiro atoms. The number of pyridine rings is 1. The molecule has 2 aromatic rings. The van der Waals surface area contributed by atoms with Crippen molar-refractivity contribution in [3.8, 4) is 0 Å². The fourth-order valence-electron chi connectivity index (χ4n) is 2.95. The first kappa shape index (κ1) is 15.9. The summed E-state index contributed by atoms with van der Waals surface area (Å²) in [4.78, 5) is 19.5. The first-order valence-electron chi connectivity index (χ1n) is 8.26. The van der Waals surface area contributed by atoms with Gasteiger partial charge in [0.2, 0.25) is 0 Å². The number of benzene rings is 1. The van der Waals surface area contributed by atoms with E-state index >= 15 is 0 Å². The molecule has 4 heteroatoms. The summed E-state index contributed by atoms with van der Waals surface area (Å²) < 4.78 is 0. The maximum absolute atomic E-state index is 13.0. The van der Waals surface area contributed by atoms with E-state index in [4.69, 9.17) is 10.7 Å². The second-order valence-electron chi connectivity index (χ2n) is 7.42. The Balaban J connectivity index is 1.98. The zero-order valence-corrected chi connectivity index (χ0v) is 14.2. The van der Waals surface area contributed by atoms with Crippen LogP contribution >= 0.6 is 0 Å². The number of nitrogens with two attached hydrogens (primary N) is 1. The summed E-state index contributed by atoms with van der Waals surface area (Å²) in [6.07, 6.45) is 2.35. The van der Waals surface area contributed by atoms with Crippen molar-refractivity contribution in [2.45, 2.75) is 32.6 Å². The summed E-state index contributed by atoms with van der Waals surface area (Å²) >= 11 is 0. The zero-order chi connectivity index (χ0) is 16.6. The highest BCUT2D eigenvalue weighted by atomic mass is 16.2. The summed E-state index contributed by atoms with van der Waals surface area (Å²) in [6, 6.07) is 9.90. The number of fused-ring (bicyclic) bond motifs is 1. The predicted molar refractivity (Wildman–Crippen MR) is 93.5 cm³/mol. The molecule has 1 aromatic heterocycles. The topological polar surface area (TPSA) is 59.2 Å². The maximum atomic E-state index is 13.0. The van der Waals surface area contributed by atoms with Crippen molar-refractivity contribution in [2.24, 2.45) is 11.1 Å². The lowest BCUT2D eigenvalue weighted by Gasteiger charge is -2.29. The lowest BCUT2D eigenvalue weighted by molar-refractivity contribution is 0.0742. The van der Waals surface area contributed by atoms with E-state index in [0.29, 0.717) is 19.0 Å². The molecule has 3 rings (SSSR count). The highest BCUT2D eigenvalue weighted by Crippen LogP contribution is 2.40. The molecule has 23 heavy (non-hydrogen) atoms. The molecule has 0 unspecified atom stereocenters. The van der Waals surface area contributed by atoms with Gasteiger partial charge in [0.25, 0.3) is 5.91 Å². The van der Waals surface area contributed by atoms with E-state index in [-0.39, 0.29) is 11.3 Å². The average molecular weight is 311 g/mol. The molecule has 0 saturated heterocycles. The minimum Gasteiger partial charge on any atom is -0.341 e. The molecule has 2 N–H and O–H groups in total. The summed E-state index contributed by atoms with van der Waals surface area (Å²) in [5, 5.41) is 0.930. The van der Waals surface area contributed by atoms with Crippen molar-refractivity contribution >= 4 is 16.8 Å². The van der Waals surface area contributed by atoms with E-state index in [1.165, 1.54) is 12.8 Å². The highest BCUT2D eigenvalue weighted by molar-refractivity contribution is 6.06. The van der Waals surface area contributed by atoms with Crippen LogP contribution in [-0.2, 0) is 0 Å². The molecule has 122 valence electrons. The van der Waals surface area contributed by atoms with Crippen molar-refractivity contribution < 1.29 is 4.79 Å². The van der Waals surface area contributed by atoms with Crippen molar-refractivity contribution in [2.75, 3.05) is 20.1 Å². The smallest absolute Gasteiger partial charge is 0.254 e. The van der Waals surface area contributed by atoms with Crippen LogP contribution in [0.2, 0.25) is 0 Å². The Labute approximate surface area is 137 Å². The van der Waals surface area contributed by atoms with E-state index in [0.717, 1.165) is 22.2 Å². The minimum atomic E-state index is -0.0907. The molecule has 0 aliphatic heterocycles. The molecule has 0 atom stereocenters. The summed E-state index contributed by atoms with van der Waals surface area (Å²) in [5.74, 6) is 0.573. The second kappa shape index (κ2) is 5.93. The van der Waals surface area contributed by atoms with Gasteiger partial charge in [0.1, 0.15) is 0 Å². The lowest BCUT2D eigenvalue weighted by atomic mass is 9.93. The standard InChI is InChI=1S/C19H25N3O/c1-19(2,11-20)12-22(3)18(23)15-10-17(13-8-9-13)21-16-7-5-4-6-14(15)16/h4-7,10,13H,8-9,11-12,20H2,1-3H3. The zero-order valence-electron chi connectivity index (χ0n) is 14.2. The van der Waals surface area contributed by atoms with Gasteiger partial charge in [-0.2, -0.15) is 0 Å². The Bertz CT molecular complexity index is 734. The van der Waals surface area contributed by atoms with Crippen LogP contribution in [0.5, 0.6) is 0 Å². The quantitative estimate of drug-likeness (QED) is 0.922. The monoisotopic (exact) mass is 311 g/mol. The fourth-order valence-corrected chi connectivity index (χ4v) is 2.95. The Kier molecular flexibility index (Phi) is 4.11. The first-order chi connectivity index (χ1) is 10.9. The molecule has 1 saturated carbocycles. The second-order valence-corrected chi connectivity index (χ2v) is 7.42. The Morgan fingerprint density at radius 1 is 1.35 bits per heavy atom. The average Bonchev–Trinajstić information content (AvgIpc) is 3.37. The van der Waals surface area contributed by atoms with E-state index in [1.807, 2.05) is 37.4 Å². The molecule has 4 nitrogen and oxygen atoms in total. The van der Waals surface area contributed by atoms with Gasteiger partial charge in [-0.1, -0.05) is 32.0 Å². The number of amides is 1. The van der Waals surface area contributed by atoms with Gasteiger partial charge in [0.15, 0.2) is 0 Å². The van der Waals surface area contributed by atoms with Crippen LogP contribution in [0.25, 0.3) is 10.9 Å². The third-order valence-electron chi connectivity index (χ3n) is 4.53. The van der Waals surface area contributed by atoms with Crippen LogP contribution in [0.4, 0.5) is 0 Å². The van der Waals surface area contributed by atoms with Crippen LogP contribution in [0, 0.1) is 5.41 Å². The van der Waals surface area contributed by atoms with Gasteiger partial charge < -0.3 is 10.6 Å². The van der Waals surface area contributed by atoms with Gasteiger partial charge in [0, 0.05) is 30.6 Å². The van der Waals surface area contributed by atoms with Crippen LogP contribution < -0.4 is 5.73 Å². The number of carbonyl (C=O) groups is 1. The number of rotatable bonds is 5. The van der Waals surface area contributed by atoms with E-state index in [1.54, 1.807) is 4.90 Å². The van der Waals surface area contributed by atoms with Gasteiger partial charge in [-0.15, -0.1) is 0 Å². The van der Waals surface area contributed by atoms with Crippen molar-refractivity contribution in [3.05, 3.63) is 41.6 Å². The maximum Gasteiger partial charge on any atom is 0.254 e. The van der Waals surface area contributed by atoms with Crippen LogP contribution in [0.1, 0.15) is 48.7 Å². The summed E-state index contributed by atoms with van der Waals surface area (Å²) in [7, 11) is 1.85. The Morgan fingerprint density at radius 3 is 2.70 bits per heavy atom. The molecular weight excluding hydrogens is 286 g/mol. The largest absolute Gasteiger partial charge is 0.341 e. The van der Waals surface area contributed by atoms with E-state index < -0.39 is 0 Å². The number of hydrogen-bond donors (Lipinski definition) is 1. The van der Waals surface area contributed by atoms with Crippen LogP contribution in [0.3, 0.4) is 0 Å². The third-order valence-corrected chi connectivity index (χ3v) is 4.53. The first-order valence-corrected chi connectivity index (χ1v) is 8.26. The molecule has 1 aliphatic carbocycles. The van der Waals surface area contributed by atoms with Crippen LogP contribution in [0.15, 0.2) is 30.3 Å². The van der Waals surface area contributed by atoms with Gasteiger partial charge in [-0.25, -0.2) is 0 Å². The number of para-hydroxylation sites is 1. The molecule has 1 aliphatic rings. The molecule has 1 aromatic carbocycles. The fraction of sp³-hybridized carbons (Fsp3) is 0.474. The molecule has 1 heterocycles. The normalized spacial score (nSPS) is 15.0. The summed E-state index contributed by atoms with van der Waals surface area (Å²) in [5.41, 5.74) is 8.44. The Morgan fingerprint density at radius 2 is 2.04 bits per heavy atom. The number of nitrogens with zero attached hydrogens (tertiary/aromatic N) is 2. The molecule has 1 fully saturated rings. The van der Waals surface area contributed by atoms with Crippen molar-refractivity contribution in [1.29, 1.82) is 0 Å². The van der Waals surface area contributed by atoms with Crippen LogP contribution in [-0.4, -0.2) is 35.9 Å². The van der Waals surface area contributed by atoms with E-state index in [9.17, 15) is 4.79 Å². The third kappa shape index (κ3) is 3.37. The SMILES string of the molecule is CN(CC(C)(C)CN)C(=O)c1cc(C2CC2)nc2ccccc12. The predicted octanol–water partition coefficient (Wildman–Crippen LogP) is 3.17. The van der Waals surface area contributed by atoms with Gasteiger partial charge in [-0.3, -0.25) is 9.78 Å². The number of hydrogen-bond acceptors (Lipinski definition) is 3. The number of aromatic nitrogens is 1. The minimum absolute atomic E-state index is 0.0482. The van der Waals surface area contributed by atoms with Gasteiger partial charge >= 0.3 is 0 Å².